The maximum Gasteiger partial charge on any atom is 0.325 e. The number of nitrogens with one attached hydrogen (secondary N) is 1. The van der Waals surface area contributed by atoms with Crippen LogP contribution in [0, 0.1) is 11.8 Å². The fourth-order valence-electron chi connectivity index (χ4n) is 3.93. The van der Waals surface area contributed by atoms with Crippen molar-refractivity contribution in [3.63, 3.8) is 0 Å². The molecule has 0 spiro atoms. The number of carbonyl (C=O) groups is 2. The number of hydrogen-bond acceptors (Lipinski definition) is 6. The van der Waals surface area contributed by atoms with E-state index in [-0.39, 0.29) is 18.4 Å². The van der Waals surface area contributed by atoms with Gasteiger partial charge in [0.2, 0.25) is 5.91 Å². The van der Waals surface area contributed by atoms with Gasteiger partial charge < -0.3 is 10.1 Å². The van der Waals surface area contributed by atoms with Crippen molar-refractivity contribution in [2.75, 3.05) is 6.54 Å². The van der Waals surface area contributed by atoms with Gasteiger partial charge in [0.1, 0.15) is 18.2 Å². The summed E-state index contributed by atoms with van der Waals surface area (Å²) in [6.07, 6.45) is 1.64. The van der Waals surface area contributed by atoms with E-state index in [1.807, 2.05) is 0 Å². The zero-order valence-corrected chi connectivity index (χ0v) is 12.4. The van der Waals surface area contributed by atoms with Crippen LogP contribution >= 0.6 is 0 Å². The molecule has 0 aromatic rings. The Hall–Kier alpha value is -1.41. The summed E-state index contributed by atoms with van der Waals surface area (Å²) < 4.78 is 34.5. The normalized spacial score (nSPS) is 41.8. The molecule has 1 saturated heterocycles. The lowest BCUT2D eigenvalue weighted by Crippen LogP contribution is -2.48. The molecular formula is C13H17NO6S. The Morgan fingerprint density at radius 1 is 1.48 bits per heavy atom. The molecule has 0 aromatic carbocycles. The van der Waals surface area contributed by atoms with Crippen LogP contribution in [0.4, 0.5) is 0 Å². The minimum Gasteiger partial charge on any atom is -0.458 e. The van der Waals surface area contributed by atoms with E-state index in [0.717, 1.165) is 6.08 Å². The smallest absolute Gasteiger partial charge is 0.325 e. The lowest BCUT2D eigenvalue weighted by molar-refractivity contribution is -0.162. The van der Waals surface area contributed by atoms with E-state index in [0.29, 0.717) is 12.8 Å². The molecular weight excluding hydrogens is 298 g/mol. The summed E-state index contributed by atoms with van der Waals surface area (Å²) in [5.74, 6) is -1.19. The van der Waals surface area contributed by atoms with Gasteiger partial charge in [-0.2, -0.15) is 8.42 Å². The Bertz CT molecular complexity index is 614. The Morgan fingerprint density at radius 2 is 2.19 bits per heavy atom. The molecule has 0 radical (unpaired) electrons. The largest absolute Gasteiger partial charge is 0.458 e. The number of carbonyl (C=O) groups excluding carboxylic acids is 2. The van der Waals surface area contributed by atoms with Crippen LogP contribution < -0.4 is 5.32 Å². The molecule has 0 aromatic heterocycles. The average molecular weight is 315 g/mol. The third-order valence-electron chi connectivity index (χ3n) is 4.79. The van der Waals surface area contributed by atoms with Gasteiger partial charge in [-0.25, -0.2) is 0 Å². The molecule has 2 bridgehead atoms. The Morgan fingerprint density at radius 3 is 2.86 bits per heavy atom. The number of esters is 1. The summed E-state index contributed by atoms with van der Waals surface area (Å²) in [5, 5.41) is 1.86. The van der Waals surface area contributed by atoms with Crippen molar-refractivity contribution < 1.29 is 26.9 Å². The number of amides is 1. The molecule has 1 N–H and O–H groups in total. The monoisotopic (exact) mass is 315 g/mol. The van der Waals surface area contributed by atoms with Crippen LogP contribution in [0.3, 0.4) is 0 Å². The van der Waals surface area contributed by atoms with Crippen LogP contribution in [-0.4, -0.2) is 43.8 Å². The predicted molar refractivity (Wildman–Crippen MR) is 71.5 cm³/mol. The quantitative estimate of drug-likeness (QED) is 0.435. The van der Waals surface area contributed by atoms with E-state index in [1.54, 1.807) is 6.92 Å². The molecule has 2 aliphatic carbocycles. The molecule has 1 amide bonds. The van der Waals surface area contributed by atoms with E-state index < -0.39 is 38.9 Å². The highest BCUT2D eigenvalue weighted by molar-refractivity contribution is 7.87. The van der Waals surface area contributed by atoms with Crippen molar-refractivity contribution in [2.45, 2.75) is 36.7 Å². The summed E-state index contributed by atoms with van der Waals surface area (Å²) in [5.41, 5.74) is -0.968. The van der Waals surface area contributed by atoms with Crippen molar-refractivity contribution in [2.24, 2.45) is 11.8 Å². The second kappa shape index (κ2) is 4.54. The zero-order chi connectivity index (χ0) is 15.4. The highest BCUT2D eigenvalue weighted by atomic mass is 32.2. The van der Waals surface area contributed by atoms with Crippen molar-refractivity contribution in [1.29, 1.82) is 0 Å². The van der Waals surface area contributed by atoms with Crippen LogP contribution in [-0.2, 0) is 28.6 Å². The van der Waals surface area contributed by atoms with Gasteiger partial charge in [0, 0.05) is 11.8 Å². The standard InChI is InChI=1S/C13H17NO6S/c1-3-10(15)14-6-11(16)19-12-7-4-8-9(5-7)21(17,18)20-13(8,12)2/h3,7-9,12H,1,4-6H2,2H3,(H,14,15). The summed E-state index contributed by atoms with van der Waals surface area (Å²) in [6, 6.07) is 0. The van der Waals surface area contributed by atoms with E-state index in [4.69, 9.17) is 8.92 Å². The van der Waals surface area contributed by atoms with Gasteiger partial charge >= 0.3 is 5.97 Å². The van der Waals surface area contributed by atoms with Crippen LogP contribution in [0.5, 0.6) is 0 Å². The molecule has 21 heavy (non-hydrogen) atoms. The lowest BCUT2D eigenvalue weighted by Gasteiger charge is -2.33. The molecule has 3 fully saturated rings. The first kappa shape index (κ1) is 14.5. The van der Waals surface area contributed by atoms with Crippen LogP contribution in [0.1, 0.15) is 19.8 Å². The molecule has 2 saturated carbocycles. The van der Waals surface area contributed by atoms with E-state index in [2.05, 4.69) is 11.9 Å². The molecule has 1 aliphatic heterocycles. The van der Waals surface area contributed by atoms with E-state index in [9.17, 15) is 18.0 Å². The van der Waals surface area contributed by atoms with E-state index in [1.165, 1.54) is 0 Å². The van der Waals surface area contributed by atoms with Gasteiger partial charge in [0.05, 0.1) is 5.25 Å². The molecule has 116 valence electrons. The Balaban J connectivity index is 1.69. The Labute approximate surface area is 122 Å². The molecule has 3 aliphatic rings. The minimum atomic E-state index is -3.56. The zero-order valence-electron chi connectivity index (χ0n) is 11.6. The van der Waals surface area contributed by atoms with Crippen LogP contribution in [0.25, 0.3) is 0 Å². The topological polar surface area (TPSA) is 98.8 Å². The van der Waals surface area contributed by atoms with Gasteiger partial charge in [-0.05, 0) is 25.8 Å². The first-order valence-corrected chi connectivity index (χ1v) is 8.29. The van der Waals surface area contributed by atoms with Crippen LogP contribution in [0.2, 0.25) is 0 Å². The van der Waals surface area contributed by atoms with Gasteiger partial charge in [0.15, 0.2) is 0 Å². The highest BCUT2D eigenvalue weighted by Crippen LogP contribution is 2.61. The summed E-state index contributed by atoms with van der Waals surface area (Å²) >= 11 is 0. The van der Waals surface area contributed by atoms with E-state index >= 15 is 0 Å². The summed E-state index contributed by atoms with van der Waals surface area (Å²) in [7, 11) is -3.56. The number of fused-ring (bicyclic) bond motifs is 1. The number of ether oxygens (including phenoxy) is 1. The van der Waals surface area contributed by atoms with Crippen molar-refractivity contribution >= 4 is 22.0 Å². The third-order valence-corrected chi connectivity index (χ3v) is 6.64. The van der Waals surface area contributed by atoms with Crippen molar-refractivity contribution in [1.82, 2.24) is 5.32 Å². The second-order valence-corrected chi connectivity index (χ2v) is 7.73. The highest BCUT2D eigenvalue weighted by Gasteiger charge is 2.71. The molecule has 5 atom stereocenters. The van der Waals surface area contributed by atoms with Gasteiger partial charge in [0.25, 0.3) is 10.1 Å². The maximum absolute atomic E-state index is 11.9. The molecule has 1 heterocycles. The minimum absolute atomic E-state index is 0.00123. The number of hydrogen-bond donors (Lipinski definition) is 1. The predicted octanol–water partition coefficient (Wildman–Crippen LogP) is -0.272. The van der Waals surface area contributed by atoms with Crippen molar-refractivity contribution in [3.05, 3.63) is 12.7 Å². The fraction of sp³-hybridized carbons (Fsp3) is 0.692. The third kappa shape index (κ3) is 2.08. The molecule has 8 heteroatoms. The fourth-order valence-corrected chi connectivity index (χ4v) is 6.04. The van der Waals surface area contributed by atoms with Gasteiger partial charge in [-0.3, -0.25) is 13.8 Å². The lowest BCUT2D eigenvalue weighted by atomic mass is 9.83. The Kier molecular flexibility index (Phi) is 3.14. The first-order chi connectivity index (χ1) is 9.78. The van der Waals surface area contributed by atoms with Gasteiger partial charge in [-0.15, -0.1) is 0 Å². The SMILES string of the molecule is C=CC(=O)NCC(=O)OC1C2CC3C(C2)S(=O)(=O)OC31C. The summed E-state index contributed by atoms with van der Waals surface area (Å²) in [6.45, 7) is 4.70. The molecule has 3 rings (SSSR count). The summed E-state index contributed by atoms with van der Waals surface area (Å²) in [4.78, 5) is 22.8. The molecule has 7 nitrogen and oxygen atoms in total. The number of rotatable bonds is 4. The molecule has 5 unspecified atom stereocenters. The first-order valence-electron chi connectivity index (χ1n) is 6.82. The van der Waals surface area contributed by atoms with Gasteiger partial charge in [-0.1, -0.05) is 6.58 Å². The van der Waals surface area contributed by atoms with Crippen LogP contribution in [0.15, 0.2) is 12.7 Å². The maximum atomic E-state index is 11.9. The second-order valence-electron chi connectivity index (χ2n) is 5.97. The average Bonchev–Trinajstić information content (AvgIpc) is 2.98. The van der Waals surface area contributed by atoms with Crippen molar-refractivity contribution in [3.8, 4) is 0 Å².